The van der Waals surface area contributed by atoms with Gasteiger partial charge in [0.25, 0.3) is 17.7 Å². The molecule has 0 radical (unpaired) electrons. The number of benzene rings is 1. The maximum absolute atomic E-state index is 13.3. The van der Waals surface area contributed by atoms with Crippen molar-refractivity contribution in [3.05, 3.63) is 53.1 Å². The van der Waals surface area contributed by atoms with E-state index < -0.39 is 56.6 Å². The summed E-state index contributed by atoms with van der Waals surface area (Å²) in [6, 6.07) is 3.29. The minimum Gasteiger partial charge on any atom is -0.483 e. The Hall–Kier alpha value is -4.87. The number of carbonyl (C=O) groups excluding carboxylic acids is 7. The molecule has 1 aromatic rings. The van der Waals surface area contributed by atoms with E-state index in [9.17, 15) is 33.6 Å². The molecule has 3 aliphatic heterocycles. The predicted octanol–water partition coefficient (Wildman–Crippen LogP) is 4.97. The van der Waals surface area contributed by atoms with Gasteiger partial charge in [-0.2, -0.15) is 0 Å². The molecule has 1 unspecified atom stereocenters. The van der Waals surface area contributed by atoms with Crippen molar-refractivity contribution in [2.24, 2.45) is 23.7 Å². The molecule has 3 heterocycles. The van der Waals surface area contributed by atoms with E-state index >= 15 is 0 Å². The van der Waals surface area contributed by atoms with E-state index in [4.69, 9.17) is 23.4 Å². The summed E-state index contributed by atoms with van der Waals surface area (Å²) in [5, 5.41) is 7.65. The number of fused-ring (bicyclic) bond motifs is 2. The first-order chi connectivity index (χ1) is 29.3. The highest BCUT2D eigenvalue weighted by Crippen LogP contribution is 2.46. The lowest BCUT2D eigenvalue weighted by molar-refractivity contribution is -0.160. The van der Waals surface area contributed by atoms with Gasteiger partial charge in [-0.25, -0.2) is 4.79 Å². The second-order valence-electron chi connectivity index (χ2n) is 18.7. The average Bonchev–Trinajstić information content (AvgIpc) is 3.44. The van der Waals surface area contributed by atoms with Crippen LogP contribution >= 0.6 is 0 Å². The third kappa shape index (κ3) is 11.0. The molecule has 0 saturated carbocycles. The van der Waals surface area contributed by atoms with E-state index in [1.54, 1.807) is 0 Å². The highest BCUT2D eigenvalue weighted by atomic mass is 28.4. The van der Waals surface area contributed by atoms with Crippen molar-refractivity contribution in [2.45, 2.75) is 122 Å². The van der Waals surface area contributed by atoms with Gasteiger partial charge in [-0.05, 0) is 79.3 Å². The molecule has 1 aromatic carbocycles. The first kappa shape index (κ1) is 46.6. The molecule has 0 bridgehead atoms. The zero-order valence-corrected chi connectivity index (χ0v) is 37.9. The van der Waals surface area contributed by atoms with E-state index in [1.807, 2.05) is 0 Å². The smallest absolute Gasteiger partial charge is 0.407 e. The summed E-state index contributed by atoms with van der Waals surface area (Å²) in [6.45, 7) is 15.5. The number of carbonyl (C=O) groups is 7. The van der Waals surface area contributed by atoms with Crippen LogP contribution in [-0.2, 0) is 37.8 Å². The molecule has 2 fully saturated rings. The number of rotatable bonds is 16. The molecule has 17 heteroatoms. The molecular weight excluding hydrogens is 817 g/mol. The van der Waals surface area contributed by atoms with Crippen LogP contribution in [0.15, 0.2) is 42.0 Å². The van der Waals surface area contributed by atoms with E-state index in [0.717, 1.165) is 11.3 Å². The Morgan fingerprint density at radius 3 is 2.45 bits per heavy atom. The number of imide groups is 2. The monoisotopic (exact) mass is 878 g/mol. The van der Waals surface area contributed by atoms with Crippen molar-refractivity contribution >= 4 is 49.9 Å². The van der Waals surface area contributed by atoms with Crippen LogP contribution in [0, 0.1) is 23.7 Å². The molecular formula is C45H62N4O12Si. The van der Waals surface area contributed by atoms with Crippen molar-refractivity contribution in [1.29, 1.82) is 0 Å². The van der Waals surface area contributed by atoms with Crippen LogP contribution < -0.4 is 20.7 Å². The van der Waals surface area contributed by atoms with E-state index in [-0.39, 0.29) is 115 Å². The van der Waals surface area contributed by atoms with Gasteiger partial charge in [0.2, 0.25) is 11.8 Å². The van der Waals surface area contributed by atoms with Crippen LogP contribution in [-0.4, -0.2) is 112 Å². The maximum atomic E-state index is 13.3. The van der Waals surface area contributed by atoms with Crippen molar-refractivity contribution in [2.75, 3.05) is 32.9 Å². The lowest BCUT2D eigenvalue weighted by atomic mass is 9.65. The summed E-state index contributed by atoms with van der Waals surface area (Å²) in [6.07, 6.45) is 8.64. The number of cyclic esters (lactones) is 1. The van der Waals surface area contributed by atoms with Gasteiger partial charge in [0.15, 0.2) is 14.9 Å². The summed E-state index contributed by atoms with van der Waals surface area (Å²) in [4.78, 5) is 89.5. The molecule has 338 valence electrons. The van der Waals surface area contributed by atoms with Crippen LogP contribution in [0.5, 0.6) is 5.75 Å². The minimum atomic E-state index is -2.06. The predicted molar refractivity (Wildman–Crippen MR) is 228 cm³/mol. The zero-order chi connectivity index (χ0) is 44.9. The number of piperidine rings is 1. The van der Waals surface area contributed by atoms with Crippen molar-refractivity contribution in [3.63, 3.8) is 0 Å². The highest BCUT2D eigenvalue weighted by Gasteiger charge is 2.47. The summed E-state index contributed by atoms with van der Waals surface area (Å²) in [7, 11) is -2.06. The number of alkyl carbamates (subject to hydrolysis) is 1. The molecule has 2 saturated heterocycles. The molecule has 5 aliphatic rings. The highest BCUT2D eigenvalue weighted by molar-refractivity contribution is 6.74. The Morgan fingerprint density at radius 1 is 0.984 bits per heavy atom. The molecule has 2 aliphatic carbocycles. The molecule has 0 aromatic heterocycles. The minimum absolute atomic E-state index is 0.00282. The second kappa shape index (κ2) is 19.7. The summed E-state index contributed by atoms with van der Waals surface area (Å²) in [5.74, 6) is -2.61. The van der Waals surface area contributed by atoms with Crippen LogP contribution in [0.4, 0.5) is 4.79 Å². The number of amides is 6. The van der Waals surface area contributed by atoms with Gasteiger partial charge in [-0.3, -0.25) is 39.0 Å². The molecule has 8 atom stereocenters. The molecule has 16 nitrogen and oxygen atoms in total. The van der Waals surface area contributed by atoms with Crippen LogP contribution in [0.3, 0.4) is 0 Å². The Bertz CT molecular complexity index is 1980. The Morgan fingerprint density at radius 2 is 1.73 bits per heavy atom. The Kier molecular flexibility index (Phi) is 14.8. The number of ether oxygens (including phenoxy) is 4. The standard InChI is InChI=1S/C45H62N4O12Si/c1-26-21-28-12-11-27(2)31(14-13-29-23-30(24-38(52)59-29)61-62(6,7)45(3,4)5)39(28)35(22-26)60-44(56)47-18-20-57-19-17-46-37(51)25-58-34-10-8-9-32-40(34)43(55)49(42(32)54)33-15-16-36(50)48-41(33)53/h8-12,21,26-27,29-31,33,35,39H,13-20,22-25H2,1-7H3,(H,46,51)(H,47,56)(H,48,50,53)/t26-,27-,29+,30+,31-,33?,35-,39-/m0/s1. The topological polar surface area (TPSA) is 205 Å². The Labute approximate surface area is 364 Å². The number of hydrogen-bond acceptors (Lipinski definition) is 12. The van der Waals surface area contributed by atoms with Gasteiger partial charge >= 0.3 is 12.1 Å². The number of nitrogens with zero attached hydrogens (tertiary/aromatic N) is 1. The van der Waals surface area contributed by atoms with Crippen LogP contribution in [0.1, 0.15) is 100 Å². The lowest BCUT2D eigenvalue weighted by Crippen LogP contribution is -2.54. The third-order valence-electron chi connectivity index (χ3n) is 13.0. The van der Waals surface area contributed by atoms with Gasteiger partial charge in [0.05, 0.1) is 36.9 Å². The van der Waals surface area contributed by atoms with Gasteiger partial charge in [-0.15, -0.1) is 0 Å². The summed E-state index contributed by atoms with van der Waals surface area (Å²) < 4.78 is 29.8. The Balaban J connectivity index is 0.911. The van der Waals surface area contributed by atoms with Crippen molar-refractivity contribution in [3.8, 4) is 5.75 Å². The normalized spacial score (nSPS) is 27.4. The molecule has 62 heavy (non-hydrogen) atoms. The number of hydrogen-bond donors (Lipinski definition) is 3. The fraction of sp³-hybridized carbons (Fsp3) is 0.622. The van der Waals surface area contributed by atoms with Crippen molar-refractivity contribution in [1.82, 2.24) is 20.9 Å². The molecule has 6 rings (SSSR count). The van der Waals surface area contributed by atoms with Gasteiger partial charge in [0, 0.05) is 31.8 Å². The van der Waals surface area contributed by atoms with Gasteiger partial charge < -0.3 is 34.0 Å². The SMILES string of the molecule is C[C@H]1C=C2C=C[C@H](C)[C@H](CC[C@@H]3C[C@@H](O[Si](C)(C)C(C)(C)C)CC(=O)O3)[C@H]2[C@@H](OC(=O)NCCOCCNC(=O)COc2cccc3c2C(=O)N(C2CCC(=O)NC2=O)C3=O)C1. The number of allylic oxidation sites excluding steroid dienone is 3. The zero-order valence-electron chi connectivity index (χ0n) is 36.9. The number of esters is 1. The van der Waals surface area contributed by atoms with Gasteiger partial charge in [0.1, 0.15) is 24.0 Å². The van der Waals surface area contributed by atoms with E-state index in [1.165, 1.54) is 23.8 Å². The van der Waals surface area contributed by atoms with Crippen LogP contribution in [0.2, 0.25) is 18.1 Å². The molecule has 0 spiro atoms. The largest absolute Gasteiger partial charge is 0.483 e. The molecule has 3 N–H and O–H groups in total. The summed E-state index contributed by atoms with van der Waals surface area (Å²) in [5.41, 5.74) is 1.17. The fourth-order valence-electron chi connectivity index (χ4n) is 8.87. The van der Waals surface area contributed by atoms with Crippen LogP contribution in [0.25, 0.3) is 0 Å². The van der Waals surface area contributed by atoms with Crippen molar-refractivity contribution < 1.29 is 56.9 Å². The average molecular weight is 879 g/mol. The first-order valence-corrected chi connectivity index (χ1v) is 24.8. The maximum Gasteiger partial charge on any atom is 0.407 e. The lowest BCUT2D eigenvalue weighted by Gasteiger charge is -2.44. The van der Waals surface area contributed by atoms with E-state index in [2.05, 4.69) is 81.9 Å². The van der Waals surface area contributed by atoms with Gasteiger partial charge in [-0.1, -0.05) is 58.9 Å². The number of nitrogens with one attached hydrogen (secondary N) is 3. The second-order valence-corrected chi connectivity index (χ2v) is 23.4. The third-order valence-corrected chi connectivity index (χ3v) is 17.6. The molecule has 6 amide bonds. The fourth-order valence-corrected chi connectivity index (χ4v) is 10.2. The first-order valence-electron chi connectivity index (χ1n) is 21.9. The summed E-state index contributed by atoms with van der Waals surface area (Å²) >= 11 is 0. The van der Waals surface area contributed by atoms with E-state index in [0.29, 0.717) is 19.3 Å². The quantitative estimate of drug-likeness (QED) is 0.0872.